The first-order valence-electron chi connectivity index (χ1n) is 6.60. The number of ether oxygens (including phenoxy) is 2. The van der Waals surface area contributed by atoms with Gasteiger partial charge in [0, 0.05) is 39.7 Å². The van der Waals surface area contributed by atoms with E-state index in [2.05, 4.69) is 19.2 Å². The molecule has 1 N–H and O–H groups in total. The standard InChI is InChI=1S/C13H27NO2/c1-4-12(5-2)10-14-11-13(15-3)6-8-16-9-7-13/h12,14H,4-11H2,1-3H3. The normalized spacial score (nSPS) is 20.2. The van der Waals surface area contributed by atoms with Gasteiger partial charge < -0.3 is 14.8 Å². The Morgan fingerprint density at radius 2 is 1.88 bits per heavy atom. The van der Waals surface area contributed by atoms with Gasteiger partial charge in [0.25, 0.3) is 0 Å². The lowest BCUT2D eigenvalue weighted by molar-refractivity contribution is -0.0878. The van der Waals surface area contributed by atoms with Crippen molar-refractivity contribution in [1.82, 2.24) is 5.32 Å². The molecule has 1 aliphatic heterocycles. The number of hydrogen-bond donors (Lipinski definition) is 1. The molecule has 1 saturated heterocycles. The molecule has 3 nitrogen and oxygen atoms in total. The molecule has 0 bridgehead atoms. The largest absolute Gasteiger partial charge is 0.381 e. The van der Waals surface area contributed by atoms with Crippen LogP contribution in [-0.2, 0) is 9.47 Å². The Labute approximate surface area is 99.9 Å². The van der Waals surface area contributed by atoms with E-state index in [9.17, 15) is 0 Å². The third-order valence-corrected chi connectivity index (χ3v) is 3.87. The molecule has 96 valence electrons. The van der Waals surface area contributed by atoms with E-state index in [4.69, 9.17) is 9.47 Å². The van der Waals surface area contributed by atoms with Crippen molar-refractivity contribution in [2.45, 2.75) is 45.1 Å². The van der Waals surface area contributed by atoms with Crippen LogP contribution in [0.25, 0.3) is 0 Å². The second-order valence-corrected chi connectivity index (χ2v) is 4.81. The Balaban J connectivity index is 2.27. The van der Waals surface area contributed by atoms with E-state index in [1.54, 1.807) is 0 Å². The second kappa shape index (κ2) is 7.25. The third-order valence-electron chi connectivity index (χ3n) is 3.87. The van der Waals surface area contributed by atoms with Crippen molar-refractivity contribution in [1.29, 1.82) is 0 Å². The Morgan fingerprint density at radius 1 is 1.25 bits per heavy atom. The number of methoxy groups -OCH3 is 1. The first-order valence-corrected chi connectivity index (χ1v) is 6.60. The van der Waals surface area contributed by atoms with Crippen LogP contribution in [0.3, 0.4) is 0 Å². The summed E-state index contributed by atoms with van der Waals surface area (Å²) in [5.74, 6) is 0.800. The molecule has 0 aromatic carbocycles. The van der Waals surface area contributed by atoms with Crippen molar-refractivity contribution in [3.63, 3.8) is 0 Å². The Bertz CT molecular complexity index is 175. The average Bonchev–Trinajstić information content (AvgIpc) is 2.36. The summed E-state index contributed by atoms with van der Waals surface area (Å²) >= 11 is 0. The van der Waals surface area contributed by atoms with Gasteiger partial charge in [-0.3, -0.25) is 0 Å². The molecule has 0 atom stereocenters. The van der Waals surface area contributed by atoms with Crippen molar-refractivity contribution < 1.29 is 9.47 Å². The highest BCUT2D eigenvalue weighted by molar-refractivity contribution is 4.85. The van der Waals surface area contributed by atoms with Gasteiger partial charge in [-0.15, -0.1) is 0 Å². The van der Waals surface area contributed by atoms with Crippen LogP contribution in [-0.4, -0.2) is 39.0 Å². The van der Waals surface area contributed by atoms with Gasteiger partial charge in [0.1, 0.15) is 0 Å². The van der Waals surface area contributed by atoms with Crippen molar-refractivity contribution in [3.05, 3.63) is 0 Å². The summed E-state index contributed by atoms with van der Waals surface area (Å²) in [6.07, 6.45) is 4.54. The summed E-state index contributed by atoms with van der Waals surface area (Å²) in [6.45, 7) is 8.26. The average molecular weight is 229 g/mol. The molecule has 1 aliphatic rings. The van der Waals surface area contributed by atoms with E-state index in [0.29, 0.717) is 0 Å². The van der Waals surface area contributed by atoms with Crippen molar-refractivity contribution in [2.75, 3.05) is 33.4 Å². The first-order chi connectivity index (χ1) is 7.76. The minimum absolute atomic E-state index is 0.0181. The van der Waals surface area contributed by atoms with E-state index < -0.39 is 0 Å². The topological polar surface area (TPSA) is 30.5 Å². The van der Waals surface area contributed by atoms with Gasteiger partial charge in [0.15, 0.2) is 0 Å². The van der Waals surface area contributed by atoms with Crippen molar-refractivity contribution in [2.24, 2.45) is 5.92 Å². The van der Waals surface area contributed by atoms with Gasteiger partial charge >= 0.3 is 0 Å². The number of nitrogens with one attached hydrogen (secondary N) is 1. The molecule has 0 radical (unpaired) electrons. The monoisotopic (exact) mass is 229 g/mol. The predicted molar refractivity (Wildman–Crippen MR) is 66.7 cm³/mol. The smallest absolute Gasteiger partial charge is 0.0846 e. The molecule has 1 heterocycles. The van der Waals surface area contributed by atoms with Crippen LogP contribution in [0.5, 0.6) is 0 Å². The summed E-state index contributed by atoms with van der Waals surface area (Å²) in [6, 6.07) is 0. The highest BCUT2D eigenvalue weighted by Gasteiger charge is 2.31. The summed E-state index contributed by atoms with van der Waals surface area (Å²) in [4.78, 5) is 0. The molecule has 0 amide bonds. The van der Waals surface area contributed by atoms with Crippen molar-refractivity contribution in [3.8, 4) is 0 Å². The van der Waals surface area contributed by atoms with E-state index in [1.807, 2.05) is 7.11 Å². The fourth-order valence-electron chi connectivity index (χ4n) is 2.28. The lowest BCUT2D eigenvalue weighted by Gasteiger charge is -2.36. The Morgan fingerprint density at radius 3 is 2.38 bits per heavy atom. The van der Waals surface area contributed by atoms with Gasteiger partial charge in [0.05, 0.1) is 5.60 Å². The predicted octanol–water partition coefficient (Wildman–Crippen LogP) is 2.21. The molecule has 0 aromatic rings. The molecule has 1 fully saturated rings. The number of hydrogen-bond acceptors (Lipinski definition) is 3. The van der Waals surface area contributed by atoms with Crippen LogP contribution in [0.15, 0.2) is 0 Å². The van der Waals surface area contributed by atoms with Crippen molar-refractivity contribution >= 4 is 0 Å². The quantitative estimate of drug-likeness (QED) is 0.726. The Hall–Kier alpha value is -0.120. The molecular weight excluding hydrogens is 202 g/mol. The summed E-state index contributed by atoms with van der Waals surface area (Å²) in [7, 11) is 1.82. The second-order valence-electron chi connectivity index (χ2n) is 4.81. The van der Waals surface area contributed by atoms with Gasteiger partial charge in [-0.05, 0) is 12.5 Å². The maximum absolute atomic E-state index is 5.69. The maximum atomic E-state index is 5.69. The van der Waals surface area contributed by atoms with Gasteiger partial charge in [0.2, 0.25) is 0 Å². The molecular formula is C13H27NO2. The zero-order chi connectivity index (χ0) is 11.9. The third kappa shape index (κ3) is 4.04. The van der Waals surface area contributed by atoms with E-state index >= 15 is 0 Å². The van der Waals surface area contributed by atoms with Crippen LogP contribution in [0.2, 0.25) is 0 Å². The summed E-state index contributed by atoms with van der Waals surface area (Å²) in [5.41, 5.74) is 0.0181. The molecule has 0 aliphatic carbocycles. The maximum Gasteiger partial charge on any atom is 0.0846 e. The van der Waals surface area contributed by atoms with Gasteiger partial charge in [-0.1, -0.05) is 26.7 Å². The van der Waals surface area contributed by atoms with E-state index in [1.165, 1.54) is 12.8 Å². The van der Waals surface area contributed by atoms with Crippen LogP contribution < -0.4 is 5.32 Å². The summed E-state index contributed by atoms with van der Waals surface area (Å²) in [5, 5.41) is 3.57. The van der Waals surface area contributed by atoms with Crippen LogP contribution in [0.4, 0.5) is 0 Å². The zero-order valence-corrected chi connectivity index (χ0v) is 11.1. The van der Waals surface area contributed by atoms with Crippen LogP contribution in [0.1, 0.15) is 39.5 Å². The highest BCUT2D eigenvalue weighted by atomic mass is 16.5. The number of rotatable bonds is 7. The lowest BCUT2D eigenvalue weighted by atomic mass is 9.93. The fourth-order valence-corrected chi connectivity index (χ4v) is 2.28. The highest BCUT2D eigenvalue weighted by Crippen LogP contribution is 2.23. The lowest BCUT2D eigenvalue weighted by Crippen LogP contribution is -2.47. The fraction of sp³-hybridized carbons (Fsp3) is 1.00. The molecule has 1 rings (SSSR count). The minimum atomic E-state index is 0.0181. The molecule has 0 spiro atoms. The van der Waals surface area contributed by atoms with Gasteiger partial charge in [-0.25, -0.2) is 0 Å². The molecule has 0 unspecified atom stereocenters. The zero-order valence-electron chi connectivity index (χ0n) is 11.1. The summed E-state index contributed by atoms with van der Waals surface area (Å²) < 4.78 is 11.1. The van der Waals surface area contributed by atoms with Crippen LogP contribution in [0, 0.1) is 5.92 Å². The first kappa shape index (κ1) is 13.9. The van der Waals surface area contributed by atoms with E-state index in [0.717, 1.165) is 45.1 Å². The molecule has 0 saturated carbocycles. The Kier molecular flexibility index (Phi) is 6.32. The van der Waals surface area contributed by atoms with E-state index in [-0.39, 0.29) is 5.60 Å². The molecule has 0 aromatic heterocycles. The minimum Gasteiger partial charge on any atom is -0.381 e. The molecule has 16 heavy (non-hydrogen) atoms. The van der Waals surface area contributed by atoms with Crippen LogP contribution >= 0.6 is 0 Å². The van der Waals surface area contributed by atoms with Gasteiger partial charge in [-0.2, -0.15) is 0 Å². The SMILES string of the molecule is CCC(CC)CNCC1(OC)CCOCC1. The molecule has 3 heteroatoms.